The fraction of sp³-hybridized carbons (Fsp3) is 0.650. The Kier molecular flexibility index (Phi) is 6.79. The normalized spacial score (nSPS) is 20.8. The van der Waals surface area contributed by atoms with Gasteiger partial charge in [0.05, 0.1) is 0 Å². The Morgan fingerprint density at radius 3 is 2.50 bits per heavy atom. The molecule has 0 bridgehead atoms. The second kappa shape index (κ2) is 9.07. The molecule has 1 aromatic carbocycles. The molecule has 1 heterocycles. The standard InChI is InChI=1S/C20H32ClN5/c1-3-25-11-13-26(14-12-25)10-9-23-19(22-2)24-16-20(7-8-20)17-5-4-6-18(21)15-17/h4-6,15H,3,7-14,16H2,1-2H3,(H2,22,23,24). The Hall–Kier alpha value is -1.30. The van der Waals surface area contributed by atoms with Gasteiger partial charge < -0.3 is 15.5 Å². The second-order valence-corrected chi connectivity index (χ2v) is 7.86. The predicted molar refractivity (Wildman–Crippen MR) is 110 cm³/mol. The molecule has 1 aliphatic carbocycles. The lowest BCUT2D eigenvalue weighted by Gasteiger charge is -2.34. The molecule has 0 spiro atoms. The summed E-state index contributed by atoms with van der Waals surface area (Å²) < 4.78 is 0. The zero-order valence-electron chi connectivity index (χ0n) is 16.1. The number of aliphatic imine (C=N–C) groups is 1. The van der Waals surface area contributed by atoms with E-state index >= 15 is 0 Å². The van der Waals surface area contributed by atoms with Gasteiger partial charge in [-0.05, 0) is 37.1 Å². The molecule has 6 heteroatoms. The van der Waals surface area contributed by atoms with Gasteiger partial charge in [0.1, 0.15) is 0 Å². The highest BCUT2D eigenvalue weighted by Crippen LogP contribution is 2.48. The third-order valence-electron chi connectivity index (χ3n) is 5.74. The first-order valence-corrected chi connectivity index (χ1v) is 10.2. The number of hydrogen-bond acceptors (Lipinski definition) is 3. The molecule has 1 aromatic rings. The van der Waals surface area contributed by atoms with E-state index in [1.165, 1.54) is 44.6 Å². The van der Waals surface area contributed by atoms with E-state index in [2.05, 4.69) is 44.5 Å². The van der Waals surface area contributed by atoms with Gasteiger partial charge in [0.15, 0.2) is 5.96 Å². The van der Waals surface area contributed by atoms with Crippen LogP contribution in [0.3, 0.4) is 0 Å². The molecule has 2 aliphatic rings. The number of hydrogen-bond donors (Lipinski definition) is 2. The van der Waals surface area contributed by atoms with Gasteiger partial charge >= 0.3 is 0 Å². The zero-order valence-corrected chi connectivity index (χ0v) is 16.9. The first-order chi connectivity index (χ1) is 12.6. The molecule has 5 nitrogen and oxygen atoms in total. The molecule has 0 unspecified atom stereocenters. The van der Waals surface area contributed by atoms with Gasteiger partial charge in [0, 0.05) is 63.3 Å². The molecule has 1 saturated heterocycles. The number of nitrogens with one attached hydrogen (secondary N) is 2. The third kappa shape index (κ3) is 5.12. The number of benzene rings is 1. The fourth-order valence-corrected chi connectivity index (χ4v) is 3.86. The number of piperazine rings is 1. The summed E-state index contributed by atoms with van der Waals surface area (Å²) in [6, 6.07) is 8.27. The topological polar surface area (TPSA) is 42.9 Å². The summed E-state index contributed by atoms with van der Waals surface area (Å²) in [6.45, 7) is 11.0. The van der Waals surface area contributed by atoms with Crippen LogP contribution in [0.5, 0.6) is 0 Å². The third-order valence-corrected chi connectivity index (χ3v) is 5.98. The van der Waals surface area contributed by atoms with Crippen molar-refractivity contribution >= 4 is 17.6 Å². The van der Waals surface area contributed by atoms with Crippen LogP contribution in [0.4, 0.5) is 0 Å². The highest BCUT2D eigenvalue weighted by molar-refractivity contribution is 6.30. The van der Waals surface area contributed by atoms with Crippen molar-refractivity contribution in [3.05, 3.63) is 34.9 Å². The number of halogens is 1. The maximum atomic E-state index is 6.17. The monoisotopic (exact) mass is 377 g/mol. The summed E-state index contributed by atoms with van der Waals surface area (Å²) in [6.07, 6.45) is 2.41. The molecule has 2 N–H and O–H groups in total. The lowest BCUT2D eigenvalue weighted by Crippen LogP contribution is -2.49. The minimum atomic E-state index is 0.221. The fourth-order valence-electron chi connectivity index (χ4n) is 3.67. The van der Waals surface area contributed by atoms with Gasteiger partial charge in [-0.2, -0.15) is 0 Å². The smallest absolute Gasteiger partial charge is 0.191 e. The Morgan fingerprint density at radius 2 is 1.88 bits per heavy atom. The van der Waals surface area contributed by atoms with Crippen LogP contribution in [0.1, 0.15) is 25.3 Å². The Morgan fingerprint density at radius 1 is 1.15 bits per heavy atom. The summed E-state index contributed by atoms with van der Waals surface area (Å²) in [5.74, 6) is 0.894. The molecule has 1 aliphatic heterocycles. The first kappa shape index (κ1) is 19.5. The van der Waals surface area contributed by atoms with Crippen molar-refractivity contribution in [2.45, 2.75) is 25.2 Å². The molecule has 2 fully saturated rings. The number of guanidine groups is 1. The Balaban J connectivity index is 1.40. The highest BCUT2D eigenvalue weighted by atomic mass is 35.5. The van der Waals surface area contributed by atoms with Gasteiger partial charge in [-0.1, -0.05) is 30.7 Å². The van der Waals surface area contributed by atoms with E-state index in [-0.39, 0.29) is 5.41 Å². The SMILES string of the molecule is CCN1CCN(CCNC(=NC)NCC2(c3cccc(Cl)c3)CC2)CC1. The summed E-state index contributed by atoms with van der Waals surface area (Å²) in [5.41, 5.74) is 1.56. The van der Waals surface area contributed by atoms with Crippen molar-refractivity contribution in [2.75, 3.05) is 59.4 Å². The van der Waals surface area contributed by atoms with Crippen molar-refractivity contribution in [1.82, 2.24) is 20.4 Å². The van der Waals surface area contributed by atoms with Gasteiger partial charge in [-0.3, -0.25) is 9.89 Å². The van der Waals surface area contributed by atoms with Crippen LogP contribution < -0.4 is 10.6 Å². The Bertz CT molecular complexity index is 606. The average molecular weight is 378 g/mol. The Labute approximate surface area is 162 Å². The van der Waals surface area contributed by atoms with Crippen molar-refractivity contribution in [2.24, 2.45) is 4.99 Å². The van der Waals surface area contributed by atoms with E-state index in [0.29, 0.717) is 0 Å². The number of nitrogens with zero attached hydrogens (tertiary/aromatic N) is 3. The lowest BCUT2D eigenvalue weighted by molar-refractivity contribution is 0.139. The van der Waals surface area contributed by atoms with Crippen LogP contribution >= 0.6 is 11.6 Å². The minimum absolute atomic E-state index is 0.221. The maximum Gasteiger partial charge on any atom is 0.191 e. The molecular weight excluding hydrogens is 346 g/mol. The van der Waals surface area contributed by atoms with E-state index in [4.69, 9.17) is 11.6 Å². The van der Waals surface area contributed by atoms with Crippen molar-refractivity contribution in [3.8, 4) is 0 Å². The molecule has 0 aromatic heterocycles. The average Bonchev–Trinajstić information content (AvgIpc) is 3.46. The molecule has 0 radical (unpaired) electrons. The largest absolute Gasteiger partial charge is 0.356 e. The number of likely N-dealkylation sites (N-methyl/N-ethyl adjacent to an activating group) is 1. The molecule has 0 atom stereocenters. The van der Waals surface area contributed by atoms with E-state index in [1.807, 2.05) is 19.2 Å². The zero-order chi connectivity index (χ0) is 18.4. The van der Waals surface area contributed by atoms with E-state index < -0.39 is 0 Å². The molecular formula is C20H32ClN5. The number of rotatable bonds is 7. The van der Waals surface area contributed by atoms with E-state index in [9.17, 15) is 0 Å². The first-order valence-electron chi connectivity index (χ1n) is 9.80. The van der Waals surface area contributed by atoms with Crippen LogP contribution in [-0.4, -0.2) is 75.2 Å². The summed E-state index contributed by atoms with van der Waals surface area (Å²) in [5, 5.41) is 7.79. The van der Waals surface area contributed by atoms with E-state index in [1.54, 1.807) is 0 Å². The minimum Gasteiger partial charge on any atom is -0.356 e. The van der Waals surface area contributed by atoms with Crippen LogP contribution in [0.15, 0.2) is 29.3 Å². The second-order valence-electron chi connectivity index (χ2n) is 7.42. The summed E-state index contributed by atoms with van der Waals surface area (Å²) in [4.78, 5) is 9.42. The van der Waals surface area contributed by atoms with Crippen LogP contribution in [0.25, 0.3) is 0 Å². The molecule has 3 rings (SSSR count). The van der Waals surface area contributed by atoms with Gasteiger partial charge in [0.25, 0.3) is 0 Å². The lowest BCUT2D eigenvalue weighted by atomic mass is 9.96. The van der Waals surface area contributed by atoms with Gasteiger partial charge in [0.2, 0.25) is 0 Å². The van der Waals surface area contributed by atoms with Gasteiger partial charge in [-0.25, -0.2) is 0 Å². The molecule has 0 amide bonds. The summed E-state index contributed by atoms with van der Waals surface area (Å²) >= 11 is 6.17. The van der Waals surface area contributed by atoms with Crippen molar-refractivity contribution in [1.29, 1.82) is 0 Å². The predicted octanol–water partition coefficient (Wildman–Crippen LogP) is 2.17. The highest BCUT2D eigenvalue weighted by Gasteiger charge is 2.44. The van der Waals surface area contributed by atoms with Crippen LogP contribution in [-0.2, 0) is 5.41 Å². The van der Waals surface area contributed by atoms with Crippen LogP contribution in [0, 0.1) is 0 Å². The maximum absolute atomic E-state index is 6.17. The van der Waals surface area contributed by atoms with E-state index in [0.717, 1.165) is 37.2 Å². The van der Waals surface area contributed by atoms with Gasteiger partial charge in [-0.15, -0.1) is 0 Å². The molecule has 26 heavy (non-hydrogen) atoms. The van der Waals surface area contributed by atoms with Crippen molar-refractivity contribution in [3.63, 3.8) is 0 Å². The molecule has 1 saturated carbocycles. The quantitative estimate of drug-likeness (QED) is 0.564. The van der Waals surface area contributed by atoms with Crippen LogP contribution in [0.2, 0.25) is 5.02 Å². The van der Waals surface area contributed by atoms with Crippen molar-refractivity contribution < 1.29 is 0 Å². The molecule has 144 valence electrons. The summed E-state index contributed by atoms with van der Waals surface area (Å²) in [7, 11) is 1.84.